The van der Waals surface area contributed by atoms with Crippen LogP contribution in [0.15, 0.2) is 47.5 Å². The van der Waals surface area contributed by atoms with Gasteiger partial charge in [0, 0.05) is 18.8 Å². The van der Waals surface area contributed by atoms with E-state index in [1.165, 1.54) is 6.20 Å². The largest absolute Gasteiger partial charge is 0.331 e. The Balaban J connectivity index is 2.22. The Labute approximate surface area is 117 Å². The number of aromatic amines is 1. The SMILES string of the molecule is CC(C)N(Cc1ccccc1)C(=O)c1c[nH]c(=O)cn1. The second-order valence-electron chi connectivity index (χ2n) is 4.81. The highest BCUT2D eigenvalue weighted by molar-refractivity contribution is 5.92. The molecule has 1 N–H and O–H groups in total. The minimum Gasteiger partial charge on any atom is -0.331 e. The maximum atomic E-state index is 12.4. The minimum absolute atomic E-state index is 0.0384. The summed E-state index contributed by atoms with van der Waals surface area (Å²) in [6.07, 6.45) is 2.47. The third-order valence-electron chi connectivity index (χ3n) is 2.97. The normalized spacial score (nSPS) is 10.6. The second-order valence-corrected chi connectivity index (χ2v) is 4.81. The van der Waals surface area contributed by atoms with Crippen molar-refractivity contribution in [3.8, 4) is 0 Å². The molecule has 0 saturated heterocycles. The molecule has 0 radical (unpaired) electrons. The van der Waals surface area contributed by atoms with Crippen molar-refractivity contribution in [3.05, 3.63) is 64.3 Å². The van der Waals surface area contributed by atoms with Gasteiger partial charge in [-0.05, 0) is 19.4 Å². The number of carbonyl (C=O) groups is 1. The van der Waals surface area contributed by atoms with Crippen LogP contribution in [0.4, 0.5) is 0 Å². The minimum atomic E-state index is -0.319. The fourth-order valence-corrected chi connectivity index (χ4v) is 1.88. The van der Waals surface area contributed by atoms with Crippen LogP contribution in [0.25, 0.3) is 0 Å². The highest BCUT2D eigenvalue weighted by Gasteiger charge is 2.20. The highest BCUT2D eigenvalue weighted by Crippen LogP contribution is 2.11. The third kappa shape index (κ3) is 3.32. The predicted molar refractivity (Wildman–Crippen MR) is 76.3 cm³/mol. The van der Waals surface area contributed by atoms with Crippen molar-refractivity contribution in [1.82, 2.24) is 14.9 Å². The van der Waals surface area contributed by atoms with Crippen molar-refractivity contribution in [2.75, 3.05) is 0 Å². The maximum Gasteiger partial charge on any atom is 0.274 e. The lowest BCUT2D eigenvalue weighted by Crippen LogP contribution is -2.37. The molecule has 0 atom stereocenters. The summed E-state index contributed by atoms with van der Waals surface area (Å²) in [6.45, 7) is 4.41. The van der Waals surface area contributed by atoms with E-state index in [0.717, 1.165) is 11.8 Å². The Bertz CT molecular complexity index is 615. The zero-order valence-electron chi connectivity index (χ0n) is 11.5. The Morgan fingerprint density at radius 2 is 2.00 bits per heavy atom. The average molecular weight is 271 g/mol. The van der Waals surface area contributed by atoms with Gasteiger partial charge in [0.25, 0.3) is 11.5 Å². The van der Waals surface area contributed by atoms with Crippen LogP contribution in [-0.4, -0.2) is 26.8 Å². The van der Waals surface area contributed by atoms with Crippen LogP contribution in [0.5, 0.6) is 0 Å². The first-order valence-electron chi connectivity index (χ1n) is 6.47. The Kier molecular flexibility index (Phi) is 4.30. The molecule has 0 bridgehead atoms. The monoisotopic (exact) mass is 271 g/mol. The van der Waals surface area contributed by atoms with E-state index >= 15 is 0 Å². The van der Waals surface area contributed by atoms with E-state index in [4.69, 9.17) is 0 Å². The topological polar surface area (TPSA) is 66.1 Å². The molecule has 1 aromatic carbocycles. The van der Waals surface area contributed by atoms with Gasteiger partial charge < -0.3 is 9.88 Å². The van der Waals surface area contributed by atoms with E-state index in [9.17, 15) is 9.59 Å². The summed E-state index contributed by atoms with van der Waals surface area (Å²) in [5.74, 6) is -0.194. The lowest BCUT2D eigenvalue weighted by molar-refractivity contribution is 0.0683. The molecule has 2 aromatic rings. The first-order valence-corrected chi connectivity index (χ1v) is 6.47. The molecule has 20 heavy (non-hydrogen) atoms. The van der Waals surface area contributed by atoms with Gasteiger partial charge in [0.05, 0.1) is 6.20 Å². The number of amides is 1. The molecule has 1 amide bonds. The third-order valence-corrected chi connectivity index (χ3v) is 2.97. The Morgan fingerprint density at radius 1 is 1.30 bits per heavy atom. The van der Waals surface area contributed by atoms with E-state index in [0.29, 0.717) is 6.54 Å². The van der Waals surface area contributed by atoms with Gasteiger partial charge in [-0.1, -0.05) is 30.3 Å². The smallest absolute Gasteiger partial charge is 0.274 e. The van der Waals surface area contributed by atoms with E-state index in [-0.39, 0.29) is 23.2 Å². The van der Waals surface area contributed by atoms with Gasteiger partial charge in [-0.15, -0.1) is 0 Å². The van der Waals surface area contributed by atoms with Crippen molar-refractivity contribution in [2.45, 2.75) is 26.4 Å². The summed E-state index contributed by atoms with van der Waals surface area (Å²) in [5, 5.41) is 0. The van der Waals surface area contributed by atoms with Crippen molar-refractivity contribution in [1.29, 1.82) is 0 Å². The number of rotatable bonds is 4. The van der Waals surface area contributed by atoms with Gasteiger partial charge in [0.15, 0.2) is 0 Å². The van der Waals surface area contributed by atoms with Crippen LogP contribution in [0.1, 0.15) is 29.9 Å². The maximum absolute atomic E-state index is 12.4. The van der Waals surface area contributed by atoms with Gasteiger partial charge >= 0.3 is 0 Å². The molecule has 5 nitrogen and oxygen atoms in total. The lowest BCUT2D eigenvalue weighted by Gasteiger charge is -2.26. The number of H-pyrrole nitrogens is 1. The number of nitrogens with one attached hydrogen (secondary N) is 1. The van der Waals surface area contributed by atoms with Crippen molar-refractivity contribution in [2.24, 2.45) is 0 Å². The molecular formula is C15H17N3O2. The van der Waals surface area contributed by atoms with Crippen molar-refractivity contribution in [3.63, 3.8) is 0 Å². The molecule has 0 saturated carbocycles. The number of nitrogens with zero attached hydrogens (tertiary/aromatic N) is 2. The summed E-state index contributed by atoms with van der Waals surface area (Å²) in [5.41, 5.74) is 0.980. The zero-order valence-corrected chi connectivity index (χ0v) is 11.5. The summed E-state index contributed by atoms with van der Waals surface area (Å²) < 4.78 is 0. The van der Waals surface area contributed by atoms with Gasteiger partial charge in [-0.25, -0.2) is 4.98 Å². The second kappa shape index (κ2) is 6.14. The van der Waals surface area contributed by atoms with Crippen LogP contribution < -0.4 is 5.56 Å². The van der Waals surface area contributed by atoms with Crippen molar-refractivity contribution >= 4 is 5.91 Å². The number of hydrogen-bond donors (Lipinski definition) is 1. The van der Waals surface area contributed by atoms with Crippen LogP contribution in [0, 0.1) is 0 Å². The average Bonchev–Trinajstić information content (AvgIpc) is 2.45. The number of aromatic nitrogens is 2. The van der Waals surface area contributed by atoms with E-state index in [1.54, 1.807) is 4.90 Å². The summed E-state index contributed by atoms with van der Waals surface area (Å²) in [4.78, 5) is 31.5. The Morgan fingerprint density at radius 3 is 2.55 bits per heavy atom. The van der Waals surface area contributed by atoms with Crippen LogP contribution in [-0.2, 0) is 6.54 Å². The highest BCUT2D eigenvalue weighted by atomic mass is 16.2. The van der Waals surface area contributed by atoms with Gasteiger partial charge in [-0.2, -0.15) is 0 Å². The molecule has 5 heteroatoms. The fourth-order valence-electron chi connectivity index (χ4n) is 1.88. The van der Waals surface area contributed by atoms with E-state index in [2.05, 4.69) is 9.97 Å². The van der Waals surface area contributed by atoms with Crippen LogP contribution in [0.2, 0.25) is 0 Å². The molecule has 0 spiro atoms. The Hall–Kier alpha value is -2.43. The zero-order chi connectivity index (χ0) is 14.5. The number of hydrogen-bond acceptors (Lipinski definition) is 3. The lowest BCUT2D eigenvalue weighted by atomic mass is 10.2. The summed E-state index contributed by atoms with van der Waals surface area (Å²) >= 11 is 0. The molecule has 1 aromatic heterocycles. The number of benzene rings is 1. The molecule has 0 aliphatic carbocycles. The van der Waals surface area contributed by atoms with Gasteiger partial charge in [-0.3, -0.25) is 9.59 Å². The van der Waals surface area contributed by atoms with Crippen LogP contribution >= 0.6 is 0 Å². The summed E-state index contributed by atoms with van der Waals surface area (Å²) in [6, 6.07) is 9.81. The molecule has 0 fully saturated rings. The van der Waals surface area contributed by atoms with Crippen molar-refractivity contribution < 1.29 is 4.79 Å². The first kappa shape index (κ1) is 14.0. The van der Waals surface area contributed by atoms with E-state index in [1.807, 2.05) is 44.2 Å². The number of carbonyl (C=O) groups excluding carboxylic acids is 1. The first-order chi connectivity index (χ1) is 9.58. The van der Waals surface area contributed by atoms with Crippen LogP contribution in [0.3, 0.4) is 0 Å². The summed E-state index contributed by atoms with van der Waals surface area (Å²) in [7, 11) is 0. The van der Waals surface area contributed by atoms with Gasteiger partial charge in [0.2, 0.25) is 0 Å². The predicted octanol–water partition coefficient (Wildman–Crippen LogP) is 1.82. The standard InChI is InChI=1S/C15H17N3O2/c1-11(2)18(10-12-6-4-3-5-7-12)15(20)13-8-17-14(19)9-16-13/h3-9,11H,10H2,1-2H3,(H,17,19). The molecule has 0 aliphatic rings. The van der Waals surface area contributed by atoms with Gasteiger partial charge in [0.1, 0.15) is 5.69 Å². The molecule has 0 aliphatic heterocycles. The molecular weight excluding hydrogens is 254 g/mol. The molecule has 104 valence electrons. The quantitative estimate of drug-likeness (QED) is 0.922. The molecule has 1 heterocycles. The fraction of sp³-hybridized carbons (Fsp3) is 0.267. The van der Waals surface area contributed by atoms with E-state index < -0.39 is 0 Å². The molecule has 0 unspecified atom stereocenters. The molecule has 2 rings (SSSR count).